The minimum atomic E-state index is -0.885. The lowest BCUT2D eigenvalue weighted by atomic mass is 9.98. The summed E-state index contributed by atoms with van der Waals surface area (Å²) in [6, 6.07) is 4.72. The van der Waals surface area contributed by atoms with Crippen molar-refractivity contribution in [1.29, 1.82) is 0 Å². The van der Waals surface area contributed by atoms with E-state index in [0.717, 1.165) is 17.7 Å². The SMILES string of the molecule is CC(C)(C)N(CC(=O)Nc1ccc(F)cc1)C(=O)CN1C(=O)NC2(CCCC2)C1=O. The summed E-state index contributed by atoms with van der Waals surface area (Å²) in [5.74, 6) is -1.76. The molecule has 2 N–H and O–H groups in total. The quantitative estimate of drug-likeness (QED) is 0.717. The molecule has 0 radical (unpaired) electrons. The van der Waals surface area contributed by atoms with E-state index < -0.39 is 41.3 Å². The van der Waals surface area contributed by atoms with E-state index in [0.29, 0.717) is 18.5 Å². The molecule has 9 heteroatoms. The zero-order valence-corrected chi connectivity index (χ0v) is 17.5. The van der Waals surface area contributed by atoms with Gasteiger partial charge in [-0.15, -0.1) is 0 Å². The molecule has 5 amide bonds. The van der Waals surface area contributed by atoms with Crippen LogP contribution in [0.2, 0.25) is 0 Å². The van der Waals surface area contributed by atoms with Crippen molar-refractivity contribution in [1.82, 2.24) is 15.1 Å². The van der Waals surface area contributed by atoms with Gasteiger partial charge in [-0.1, -0.05) is 12.8 Å². The Morgan fingerprint density at radius 2 is 1.77 bits per heavy atom. The Morgan fingerprint density at radius 3 is 2.33 bits per heavy atom. The van der Waals surface area contributed by atoms with Crippen LogP contribution in [0, 0.1) is 5.82 Å². The number of anilines is 1. The summed E-state index contributed by atoms with van der Waals surface area (Å²) < 4.78 is 13.0. The lowest BCUT2D eigenvalue weighted by Gasteiger charge is -2.36. The van der Waals surface area contributed by atoms with Gasteiger partial charge in [-0.3, -0.25) is 19.3 Å². The third-order valence-electron chi connectivity index (χ3n) is 5.54. The molecular formula is C21H27FN4O4. The molecule has 2 fully saturated rings. The maximum atomic E-state index is 13.0. The van der Waals surface area contributed by atoms with E-state index in [1.165, 1.54) is 29.2 Å². The number of halogens is 1. The maximum absolute atomic E-state index is 13.0. The fourth-order valence-electron chi connectivity index (χ4n) is 3.93. The second kappa shape index (κ2) is 8.04. The standard InChI is InChI=1S/C21H27FN4O4/c1-20(2,3)26(12-16(27)23-15-8-6-14(22)7-9-15)17(28)13-25-18(29)21(24-19(25)30)10-4-5-11-21/h6-9H,4-5,10-13H2,1-3H3,(H,23,27)(H,24,30). The highest BCUT2D eigenvalue weighted by molar-refractivity contribution is 6.09. The van der Waals surface area contributed by atoms with Gasteiger partial charge in [0.1, 0.15) is 24.4 Å². The largest absolute Gasteiger partial charge is 0.327 e. The van der Waals surface area contributed by atoms with Gasteiger partial charge in [0.25, 0.3) is 5.91 Å². The van der Waals surface area contributed by atoms with Crippen LogP contribution in [0.15, 0.2) is 24.3 Å². The number of benzene rings is 1. The summed E-state index contributed by atoms with van der Waals surface area (Å²) >= 11 is 0. The van der Waals surface area contributed by atoms with Crippen LogP contribution in [0.1, 0.15) is 46.5 Å². The zero-order chi connectivity index (χ0) is 22.1. The van der Waals surface area contributed by atoms with Gasteiger partial charge in [0.05, 0.1) is 0 Å². The van der Waals surface area contributed by atoms with Gasteiger partial charge in [-0.25, -0.2) is 9.18 Å². The number of nitrogens with one attached hydrogen (secondary N) is 2. The number of hydrogen-bond donors (Lipinski definition) is 2. The Hall–Kier alpha value is -2.97. The second-order valence-electron chi connectivity index (χ2n) is 8.82. The third-order valence-corrected chi connectivity index (χ3v) is 5.54. The Kier molecular flexibility index (Phi) is 5.83. The molecule has 30 heavy (non-hydrogen) atoms. The van der Waals surface area contributed by atoms with E-state index in [-0.39, 0.29) is 12.5 Å². The van der Waals surface area contributed by atoms with Crippen LogP contribution in [-0.2, 0) is 14.4 Å². The van der Waals surface area contributed by atoms with E-state index in [9.17, 15) is 23.6 Å². The van der Waals surface area contributed by atoms with Crippen LogP contribution in [0.5, 0.6) is 0 Å². The molecule has 3 rings (SSSR count). The topological polar surface area (TPSA) is 98.8 Å². The van der Waals surface area contributed by atoms with Crippen LogP contribution in [0.3, 0.4) is 0 Å². The molecule has 162 valence electrons. The van der Waals surface area contributed by atoms with Gasteiger partial charge in [-0.2, -0.15) is 0 Å². The van der Waals surface area contributed by atoms with Crippen molar-refractivity contribution in [3.05, 3.63) is 30.1 Å². The number of urea groups is 1. The lowest BCUT2D eigenvalue weighted by Crippen LogP contribution is -2.53. The predicted molar refractivity (Wildman–Crippen MR) is 108 cm³/mol. The molecule has 0 atom stereocenters. The first kappa shape index (κ1) is 21.7. The first-order chi connectivity index (χ1) is 14.0. The number of carbonyl (C=O) groups excluding carboxylic acids is 4. The number of nitrogens with zero attached hydrogens (tertiary/aromatic N) is 2. The number of rotatable bonds is 5. The smallest absolute Gasteiger partial charge is 0.325 e. The van der Waals surface area contributed by atoms with Crippen LogP contribution < -0.4 is 10.6 Å². The van der Waals surface area contributed by atoms with Crippen LogP contribution in [0.25, 0.3) is 0 Å². The summed E-state index contributed by atoms with van der Waals surface area (Å²) in [6.45, 7) is 4.60. The summed E-state index contributed by atoms with van der Waals surface area (Å²) in [5.41, 5.74) is -1.20. The summed E-state index contributed by atoms with van der Waals surface area (Å²) in [7, 11) is 0. The van der Waals surface area contributed by atoms with Gasteiger partial charge >= 0.3 is 6.03 Å². The van der Waals surface area contributed by atoms with E-state index in [2.05, 4.69) is 10.6 Å². The first-order valence-corrected chi connectivity index (χ1v) is 10.0. The molecule has 1 aliphatic carbocycles. The highest BCUT2D eigenvalue weighted by atomic mass is 19.1. The molecule has 0 aromatic heterocycles. The van der Waals surface area contributed by atoms with Gasteiger partial charge in [0.2, 0.25) is 11.8 Å². The van der Waals surface area contributed by atoms with E-state index in [1.807, 2.05) is 0 Å². The molecule has 1 saturated carbocycles. The third kappa shape index (κ3) is 4.44. The normalized spacial score (nSPS) is 17.9. The predicted octanol–water partition coefficient (Wildman–Crippen LogP) is 2.26. The number of carbonyl (C=O) groups is 4. The van der Waals surface area contributed by atoms with E-state index in [1.54, 1.807) is 20.8 Å². The first-order valence-electron chi connectivity index (χ1n) is 10.0. The van der Waals surface area contributed by atoms with Crippen molar-refractivity contribution in [2.75, 3.05) is 18.4 Å². The minimum Gasteiger partial charge on any atom is -0.327 e. The second-order valence-corrected chi connectivity index (χ2v) is 8.82. The molecule has 1 aromatic carbocycles. The average Bonchev–Trinajstić information content (AvgIpc) is 3.21. The Bertz CT molecular complexity index is 857. The van der Waals surface area contributed by atoms with Crippen LogP contribution in [-0.4, -0.2) is 57.7 Å². The van der Waals surface area contributed by atoms with E-state index in [4.69, 9.17) is 0 Å². The van der Waals surface area contributed by atoms with Crippen molar-refractivity contribution < 1.29 is 23.6 Å². The molecule has 1 saturated heterocycles. The minimum absolute atomic E-state index is 0.269. The van der Waals surface area contributed by atoms with Gasteiger partial charge < -0.3 is 15.5 Å². The zero-order valence-electron chi connectivity index (χ0n) is 17.5. The molecule has 0 bridgehead atoms. The van der Waals surface area contributed by atoms with Gasteiger partial charge in [0, 0.05) is 11.2 Å². The number of amides is 5. The molecule has 0 unspecified atom stereocenters. The van der Waals surface area contributed by atoms with E-state index >= 15 is 0 Å². The molecule has 1 heterocycles. The molecule has 8 nitrogen and oxygen atoms in total. The van der Waals surface area contributed by atoms with Crippen molar-refractivity contribution in [2.24, 2.45) is 0 Å². The molecule has 2 aliphatic rings. The maximum Gasteiger partial charge on any atom is 0.325 e. The van der Waals surface area contributed by atoms with Crippen LogP contribution >= 0.6 is 0 Å². The molecule has 1 spiro atoms. The van der Waals surface area contributed by atoms with Gasteiger partial charge in [0.15, 0.2) is 0 Å². The Balaban J connectivity index is 1.68. The highest BCUT2D eigenvalue weighted by Crippen LogP contribution is 2.35. The monoisotopic (exact) mass is 418 g/mol. The summed E-state index contributed by atoms with van der Waals surface area (Å²) in [6.07, 6.45) is 2.85. The lowest BCUT2D eigenvalue weighted by molar-refractivity contribution is -0.143. The Labute approximate surface area is 174 Å². The van der Waals surface area contributed by atoms with Crippen molar-refractivity contribution >= 4 is 29.4 Å². The number of hydrogen-bond acceptors (Lipinski definition) is 4. The summed E-state index contributed by atoms with van der Waals surface area (Å²) in [5, 5.41) is 5.36. The molecular weight excluding hydrogens is 391 g/mol. The van der Waals surface area contributed by atoms with Crippen molar-refractivity contribution in [3.63, 3.8) is 0 Å². The number of imide groups is 1. The average molecular weight is 418 g/mol. The molecule has 1 aromatic rings. The van der Waals surface area contributed by atoms with Crippen molar-refractivity contribution in [3.8, 4) is 0 Å². The van der Waals surface area contributed by atoms with Gasteiger partial charge in [-0.05, 0) is 57.9 Å². The Morgan fingerprint density at radius 1 is 1.17 bits per heavy atom. The molecule has 1 aliphatic heterocycles. The summed E-state index contributed by atoms with van der Waals surface area (Å²) in [4.78, 5) is 52.9. The van der Waals surface area contributed by atoms with Crippen molar-refractivity contribution in [2.45, 2.75) is 57.5 Å². The highest BCUT2D eigenvalue weighted by Gasteiger charge is 2.53. The van der Waals surface area contributed by atoms with Crippen LogP contribution in [0.4, 0.5) is 14.9 Å². The fourth-order valence-corrected chi connectivity index (χ4v) is 3.93. The fraction of sp³-hybridized carbons (Fsp3) is 0.524.